The van der Waals surface area contributed by atoms with Crippen molar-refractivity contribution < 1.29 is 9.26 Å². The lowest BCUT2D eigenvalue weighted by atomic mass is 10.2. The summed E-state index contributed by atoms with van der Waals surface area (Å²) in [6.07, 6.45) is 0.541. The van der Waals surface area contributed by atoms with Gasteiger partial charge in [-0.15, -0.1) is 0 Å². The van der Waals surface area contributed by atoms with Crippen molar-refractivity contribution in [3.8, 4) is 11.5 Å². The fourth-order valence-electron chi connectivity index (χ4n) is 2.33. The third-order valence-electron chi connectivity index (χ3n) is 3.69. The van der Waals surface area contributed by atoms with Gasteiger partial charge in [-0.25, -0.2) is 0 Å². The summed E-state index contributed by atoms with van der Waals surface area (Å²) in [6, 6.07) is 17.1. The van der Waals surface area contributed by atoms with Gasteiger partial charge in [0.1, 0.15) is 11.5 Å². The third kappa shape index (κ3) is 5.57. The number of aliphatic imine (C=N–C) groups is 1. The number of nitrogens with one attached hydrogen (secondary N) is 1. The maximum atomic E-state index is 5.96. The lowest BCUT2D eigenvalue weighted by Gasteiger charge is -2.09. The average Bonchev–Trinajstić information content (AvgIpc) is 3.12. The highest BCUT2D eigenvalue weighted by atomic mass is 16.5. The Morgan fingerprint density at radius 1 is 1.15 bits per heavy atom. The van der Waals surface area contributed by atoms with E-state index in [4.69, 9.17) is 15.0 Å². The number of aromatic nitrogens is 2. The second-order valence-corrected chi connectivity index (χ2v) is 6.29. The summed E-state index contributed by atoms with van der Waals surface area (Å²) in [4.78, 5) is 8.61. The standard InChI is InChI=1S/C20H23N5O2/c1-14(2)19-24-18(27-25-19)11-12-22-20(21)23-15-7-6-10-17(13-15)26-16-8-4-3-5-9-16/h3-10,13-14H,11-12H2,1-2H3,(H3,21,22,23). The fraction of sp³-hybridized carbons (Fsp3) is 0.250. The van der Waals surface area contributed by atoms with Crippen molar-refractivity contribution in [2.24, 2.45) is 10.7 Å². The first-order valence-electron chi connectivity index (χ1n) is 8.82. The molecule has 0 bridgehead atoms. The van der Waals surface area contributed by atoms with E-state index in [-0.39, 0.29) is 5.92 Å². The topological polar surface area (TPSA) is 98.6 Å². The van der Waals surface area contributed by atoms with Gasteiger partial charge in [0, 0.05) is 24.1 Å². The number of benzene rings is 2. The van der Waals surface area contributed by atoms with Crippen LogP contribution >= 0.6 is 0 Å². The molecule has 3 N–H and O–H groups in total. The Balaban J connectivity index is 1.54. The number of hydrogen-bond acceptors (Lipinski definition) is 5. The molecule has 27 heavy (non-hydrogen) atoms. The van der Waals surface area contributed by atoms with Crippen LogP contribution < -0.4 is 15.8 Å². The molecule has 0 atom stereocenters. The van der Waals surface area contributed by atoms with Crippen molar-refractivity contribution in [1.82, 2.24) is 10.1 Å². The molecule has 7 nitrogen and oxygen atoms in total. The molecule has 140 valence electrons. The van der Waals surface area contributed by atoms with Crippen LogP contribution in [0.4, 0.5) is 5.69 Å². The zero-order valence-electron chi connectivity index (χ0n) is 15.4. The van der Waals surface area contributed by atoms with Gasteiger partial charge in [0.25, 0.3) is 0 Å². The van der Waals surface area contributed by atoms with Gasteiger partial charge in [-0.05, 0) is 24.3 Å². The molecule has 1 aromatic heterocycles. The molecule has 0 aliphatic heterocycles. The molecular weight excluding hydrogens is 342 g/mol. The van der Waals surface area contributed by atoms with Crippen LogP contribution in [-0.4, -0.2) is 22.6 Å². The summed E-state index contributed by atoms with van der Waals surface area (Å²) >= 11 is 0. The molecule has 0 saturated heterocycles. The molecular formula is C20H23N5O2. The quantitative estimate of drug-likeness (QED) is 0.486. The minimum absolute atomic E-state index is 0.239. The predicted octanol–water partition coefficient (Wildman–Crippen LogP) is 3.95. The number of rotatable bonds is 7. The molecule has 0 aliphatic rings. The van der Waals surface area contributed by atoms with Crippen LogP contribution in [0.2, 0.25) is 0 Å². The zero-order valence-corrected chi connectivity index (χ0v) is 15.4. The first-order valence-corrected chi connectivity index (χ1v) is 8.82. The van der Waals surface area contributed by atoms with E-state index in [1.54, 1.807) is 0 Å². The number of guanidine groups is 1. The molecule has 0 aliphatic carbocycles. The van der Waals surface area contributed by atoms with Crippen LogP contribution in [0.5, 0.6) is 11.5 Å². The van der Waals surface area contributed by atoms with Gasteiger partial charge in [-0.3, -0.25) is 4.99 Å². The second-order valence-electron chi connectivity index (χ2n) is 6.29. The van der Waals surface area contributed by atoms with Gasteiger partial charge in [-0.1, -0.05) is 43.3 Å². The molecule has 0 saturated carbocycles. The Labute approximate surface area is 158 Å². The lowest BCUT2D eigenvalue weighted by molar-refractivity contribution is 0.372. The van der Waals surface area contributed by atoms with Gasteiger partial charge in [0.15, 0.2) is 11.8 Å². The Hall–Kier alpha value is -3.35. The average molecular weight is 365 g/mol. The number of hydrogen-bond donors (Lipinski definition) is 2. The summed E-state index contributed by atoms with van der Waals surface area (Å²) in [5, 5.41) is 6.99. The van der Waals surface area contributed by atoms with E-state index >= 15 is 0 Å². The Bertz CT molecular complexity index is 890. The molecule has 3 rings (SSSR count). The smallest absolute Gasteiger partial charge is 0.228 e. The molecule has 3 aromatic rings. The molecule has 0 radical (unpaired) electrons. The normalized spacial score (nSPS) is 11.6. The zero-order chi connectivity index (χ0) is 19.1. The maximum absolute atomic E-state index is 5.96. The molecule has 7 heteroatoms. The predicted molar refractivity (Wildman–Crippen MR) is 105 cm³/mol. The summed E-state index contributed by atoms with van der Waals surface area (Å²) in [5.74, 6) is 3.31. The fourth-order valence-corrected chi connectivity index (χ4v) is 2.33. The van der Waals surface area contributed by atoms with E-state index in [9.17, 15) is 0 Å². The van der Waals surface area contributed by atoms with E-state index in [1.165, 1.54) is 0 Å². The second kappa shape index (κ2) is 8.84. The summed E-state index contributed by atoms with van der Waals surface area (Å²) in [6.45, 7) is 4.49. The van der Waals surface area contributed by atoms with Crippen LogP contribution in [0.15, 0.2) is 64.1 Å². The number of anilines is 1. The van der Waals surface area contributed by atoms with Gasteiger partial charge in [-0.2, -0.15) is 4.98 Å². The van der Waals surface area contributed by atoms with Gasteiger partial charge in [0.05, 0.1) is 6.54 Å². The first kappa shape index (κ1) is 18.4. The Kier molecular flexibility index (Phi) is 6.04. The van der Waals surface area contributed by atoms with Crippen LogP contribution in [0, 0.1) is 0 Å². The minimum Gasteiger partial charge on any atom is -0.457 e. The first-order chi connectivity index (χ1) is 13.1. The van der Waals surface area contributed by atoms with E-state index < -0.39 is 0 Å². The highest BCUT2D eigenvalue weighted by Gasteiger charge is 2.09. The Morgan fingerprint density at radius 2 is 1.93 bits per heavy atom. The minimum atomic E-state index is 0.239. The molecule has 0 unspecified atom stereocenters. The highest BCUT2D eigenvalue weighted by Crippen LogP contribution is 2.23. The summed E-state index contributed by atoms with van der Waals surface area (Å²) in [5.41, 5.74) is 6.75. The van der Waals surface area contributed by atoms with E-state index in [0.717, 1.165) is 11.4 Å². The maximum Gasteiger partial charge on any atom is 0.228 e. The summed E-state index contributed by atoms with van der Waals surface area (Å²) in [7, 11) is 0. The van der Waals surface area contributed by atoms with Gasteiger partial charge in [0.2, 0.25) is 5.89 Å². The van der Waals surface area contributed by atoms with E-state index in [0.29, 0.717) is 36.4 Å². The van der Waals surface area contributed by atoms with Gasteiger partial charge < -0.3 is 20.3 Å². The molecule has 2 aromatic carbocycles. The van der Waals surface area contributed by atoms with Crippen molar-refractivity contribution in [2.75, 3.05) is 11.9 Å². The monoisotopic (exact) mass is 365 g/mol. The van der Waals surface area contributed by atoms with Crippen LogP contribution in [0.1, 0.15) is 31.5 Å². The Morgan fingerprint density at radius 3 is 2.67 bits per heavy atom. The van der Waals surface area contributed by atoms with E-state index in [1.807, 2.05) is 68.4 Å². The van der Waals surface area contributed by atoms with Crippen molar-refractivity contribution in [3.63, 3.8) is 0 Å². The van der Waals surface area contributed by atoms with Gasteiger partial charge >= 0.3 is 0 Å². The number of nitrogens with two attached hydrogens (primary N) is 1. The van der Waals surface area contributed by atoms with Crippen molar-refractivity contribution in [2.45, 2.75) is 26.2 Å². The molecule has 1 heterocycles. The van der Waals surface area contributed by atoms with Crippen LogP contribution in [-0.2, 0) is 6.42 Å². The van der Waals surface area contributed by atoms with Crippen molar-refractivity contribution in [1.29, 1.82) is 0 Å². The SMILES string of the molecule is CC(C)c1noc(CCN=C(N)Nc2cccc(Oc3ccccc3)c2)n1. The van der Waals surface area contributed by atoms with Crippen LogP contribution in [0.25, 0.3) is 0 Å². The highest BCUT2D eigenvalue weighted by molar-refractivity contribution is 5.92. The molecule has 0 fully saturated rings. The number of nitrogens with zero attached hydrogens (tertiary/aromatic N) is 3. The van der Waals surface area contributed by atoms with Crippen LogP contribution in [0.3, 0.4) is 0 Å². The van der Waals surface area contributed by atoms with Crippen molar-refractivity contribution >= 4 is 11.6 Å². The van der Waals surface area contributed by atoms with E-state index in [2.05, 4.69) is 20.4 Å². The third-order valence-corrected chi connectivity index (χ3v) is 3.69. The largest absolute Gasteiger partial charge is 0.457 e. The molecule has 0 spiro atoms. The lowest BCUT2D eigenvalue weighted by Crippen LogP contribution is -2.23. The van der Waals surface area contributed by atoms with Crippen molar-refractivity contribution in [3.05, 3.63) is 66.3 Å². The number of ether oxygens (including phenoxy) is 1. The number of para-hydroxylation sites is 1. The summed E-state index contributed by atoms with van der Waals surface area (Å²) < 4.78 is 11.0. The molecule has 0 amide bonds.